The fraction of sp³-hybridized carbons (Fsp3) is 0.435. The maximum Gasteiger partial charge on any atom is 0.269 e. The minimum atomic E-state index is -1.78. The highest BCUT2D eigenvalue weighted by Gasteiger charge is 2.54. The SMILES string of the molecule is CCCN1CC=C2C(C#N)=C(N)C(C#N)(C#N)[C@H](c3cccc([N+](=O)[O-])c3)[C@H]2C1.CCO. The van der Waals surface area contributed by atoms with Gasteiger partial charge in [-0.2, -0.15) is 15.8 Å². The van der Waals surface area contributed by atoms with Gasteiger partial charge in [-0.05, 0) is 31.0 Å². The monoisotopic (exact) mass is 434 g/mol. The molecule has 32 heavy (non-hydrogen) atoms. The molecule has 0 bridgehead atoms. The van der Waals surface area contributed by atoms with E-state index in [4.69, 9.17) is 10.8 Å². The number of aliphatic hydroxyl groups excluding tert-OH is 1. The molecule has 0 amide bonds. The van der Waals surface area contributed by atoms with Crippen molar-refractivity contribution in [3.05, 3.63) is 62.9 Å². The summed E-state index contributed by atoms with van der Waals surface area (Å²) >= 11 is 0. The van der Waals surface area contributed by atoms with E-state index in [-0.39, 0.29) is 29.5 Å². The number of nitro groups is 1. The van der Waals surface area contributed by atoms with Gasteiger partial charge in [0.25, 0.3) is 5.69 Å². The Morgan fingerprint density at radius 2 is 1.97 bits per heavy atom. The molecule has 1 aliphatic heterocycles. The molecular formula is C23H26N6O3. The molecule has 0 aromatic heterocycles. The van der Waals surface area contributed by atoms with Crippen LogP contribution in [-0.2, 0) is 0 Å². The Hall–Kier alpha value is -3.71. The average molecular weight is 435 g/mol. The molecule has 0 saturated heterocycles. The van der Waals surface area contributed by atoms with Crippen LogP contribution in [0.4, 0.5) is 5.69 Å². The van der Waals surface area contributed by atoms with Crippen LogP contribution in [0.15, 0.2) is 47.2 Å². The highest BCUT2D eigenvalue weighted by atomic mass is 16.6. The average Bonchev–Trinajstić information content (AvgIpc) is 2.79. The Labute approximate surface area is 187 Å². The third-order valence-corrected chi connectivity index (χ3v) is 5.72. The molecule has 9 nitrogen and oxygen atoms in total. The standard InChI is InChI=1S/C21H20N6O2.C2H6O/c1-2-7-26-8-6-16-17(10-22)20(25)21(12-23,13-24)19(18(16)11-26)14-4-3-5-15(9-14)27(28)29;1-2-3/h3-6,9,18-19H,2,7-8,11,25H2,1H3;3H,2H2,1H3/t18-,19+;/m0./s1. The summed E-state index contributed by atoms with van der Waals surface area (Å²) in [7, 11) is 0. The minimum absolute atomic E-state index is 0.0760. The predicted molar refractivity (Wildman–Crippen MR) is 117 cm³/mol. The summed E-state index contributed by atoms with van der Waals surface area (Å²) in [6.07, 6.45) is 2.86. The van der Waals surface area contributed by atoms with Gasteiger partial charge in [0.1, 0.15) is 6.07 Å². The Balaban J connectivity index is 0.00000114. The van der Waals surface area contributed by atoms with Crippen molar-refractivity contribution in [3.63, 3.8) is 0 Å². The molecule has 166 valence electrons. The lowest BCUT2D eigenvalue weighted by atomic mass is 9.58. The van der Waals surface area contributed by atoms with E-state index in [0.29, 0.717) is 18.7 Å². The minimum Gasteiger partial charge on any atom is -0.399 e. The molecule has 2 atom stereocenters. The molecule has 0 saturated carbocycles. The van der Waals surface area contributed by atoms with Crippen LogP contribution in [0.3, 0.4) is 0 Å². The van der Waals surface area contributed by atoms with Crippen LogP contribution in [0.2, 0.25) is 0 Å². The highest BCUT2D eigenvalue weighted by molar-refractivity contribution is 5.60. The molecule has 2 aliphatic rings. The summed E-state index contributed by atoms with van der Waals surface area (Å²) in [4.78, 5) is 13.0. The molecule has 1 heterocycles. The molecular weight excluding hydrogens is 408 g/mol. The normalized spacial score (nSPS) is 21.6. The Morgan fingerprint density at radius 1 is 1.31 bits per heavy atom. The number of nitrogens with two attached hydrogens (primary N) is 1. The van der Waals surface area contributed by atoms with Gasteiger partial charge in [-0.15, -0.1) is 0 Å². The van der Waals surface area contributed by atoms with Crippen LogP contribution in [0.5, 0.6) is 0 Å². The van der Waals surface area contributed by atoms with Crippen molar-refractivity contribution in [2.45, 2.75) is 26.2 Å². The van der Waals surface area contributed by atoms with E-state index in [0.717, 1.165) is 18.5 Å². The van der Waals surface area contributed by atoms with Crippen molar-refractivity contribution in [2.24, 2.45) is 17.1 Å². The van der Waals surface area contributed by atoms with Crippen LogP contribution in [0.25, 0.3) is 0 Å². The third-order valence-electron chi connectivity index (χ3n) is 5.72. The number of benzene rings is 1. The van der Waals surface area contributed by atoms with Gasteiger partial charge in [-0.25, -0.2) is 0 Å². The van der Waals surface area contributed by atoms with Crippen LogP contribution >= 0.6 is 0 Å². The number of hydrogen-bond acceptors (Lipinski definition) is 8. The van der Waals surface area contributed by atoms with Crippen molar-refractivity contribution in [1.82, 2.24) is 4.90 Å². The quantitative estimate of drug-likeness (QED) is 0.539. The van der Waals surface area contributed by atoms with E-state index < -0.39 is 16.3 Å². The summed E-state index contributed by atoms with van der Waals surface area (Å²) in [5.74, 6) is -1.07. The zero-order valence-corrected chi connectivity index (χ0v) is 18.2. The number of allylic oxidation sites excluding steroid dienone is 2. The van der Waals surface area contributed by atoms with E-state index in [2.05, 4.69) is 17.9 Å². The van der Waals surface area contributed by atoms with E-state index >= 15 is 0 Å². The number of nitrogens with zero attached hydrogens (tertiary/aromatic N) is 5. The maximum absolute atomic E-state index is 11.3. The molecule has 3 rings (SSSR count). The van der Waals surface area contributed by atoms with Gasteiger partial charge in [-0.3, -0.25) is 15.0 Å². The molecule has 0 unspecified atom stereocenters. The fourth-order valence-electron chi connectivity index (χ4n) is 4.45. The summed E-state index contributed by atoms with van der Waals surface area (Å²) in [5.41, 5.74) is 5.66. The summed E-state index contributed by atoms with van der Waals surface area (Å²) < 4.78 is 0. The zero-order valence-electron chi connectivity index (χ0n) is 18.2. The van der Waals surface area contributed by atoms with Crippen molar-refractivity contribution in [3.8, 4) is 18.2 Å². The molecule has 1 aliphatic carbocycles. The van der Waals surface area contributed by atoms with Crippen LogP contribution in [0, 0.1) is 55.4 Å². The highest BCUT2D eigenvalue weighted by Crippen LogP contribution is 2.54. The van der Waals surface area contributed by atoms with Crippen molar-refractivity contribution in [1.29, 1.82) is 15.8 Å². The van der Waals surface area contributed by atoms with Gasteiger partial charge >= 0.3 is 0 Å². The first-order chi connectivity index (χ1) is 15.3. The number of non-ortho nitro benzene ring substituents is 1. The second kappa shape index (κ2) is 10.5. The molecule has 0 spiro atoms. The zero-order chi connectivity index (χ0) is 23.9. The van der Waals surface area contributed by atoms with Crippen molar-refractivity contribution in [2.75, 3.05) is 26.2 Å². The van der Waals surface area contributed by atoms with Gasteiger partial charge in [0.15, 0.2) is 5.41 Å². The van der Waals surface area contributed by atoms with Gasteiger partial charge in [0.05, 0.1) is 28.3 Å². The Bertz CT molecular complexity index is 1040. The Morgan fingerprint density at radius 3 is 2.50 bits per heavy atom. The smallest absolute Gasteiger partial charge is 0.269 e. The van der Waals surface area contributed by atoms with E-state index in [1.54, 1.807) is 19.1 Å². The largest absolute Gasteiger partial charge is 0.399 e. The molecule has 9 heteroatoms. The summed E-state index contributed by atoms with van der Waals surface area (Å²) in [5, 5.41) is 48.6. The molecule has 1 aromatic rings. The third kappa shape index (κ3) is 4.33. The van der Waals surface area contributed by atoms with Gasteiger partial charge in [-0.1, -0.05) is 25.1 Å². The predicted octanol–water partition coefficient (Wildman–Crippen LogP) is 2.73. The lowest BCUT2D eigenvalue weighted by Crippen LogP contribution is -2.48. The van der Waals surface area contributed by atoms with Gasteiger partial charge in [0.2, 0.25) is 0 Å². The number of fused-ring (bicyclic) bond motifs is 1. The molecule has 0 radical (unpaired) electrons. The van der Waals surface area contributed by atoms with Gasteiger partial charge < -0.3 is 10.8 Å². The van der Waals surface area contributed by atoms with Crippen molar-refractivity contribution < 1.29 is 10.0 Å². The number of rotatable bonds is 4. The summed E-state index contributed by atoms with van der Waals surface area (Å²) in [6.45, 7) is 6.00. The van der Waals surface area contributed by atoms with Crippen molar-refractivity contribution >= 4 is 5.69 Å². The van der Waals surface area contributed by atoms with E-state index in [1.807, 2.05) is 18.2 Å². The molecule has 0 fully saturated rings. The lowest BCUT2D eigenvalue weighted by Gasteiger charge is -2.45. The number of hydrogen-bond donors (Lipinski definition) is 2. The topological polar surface area (TPSA) is 164 Å². The number of nitriles is 3. The first-order valence-electron chi connectivity index (χ1n) is 10.4. The lowest BCUT2D eigenvalue weighted by molar-refractivity contribution is -0.384. The first-order valence-corrected chi connectivity index (χ1v) is 10.4. The second-order valence-electron chi connectivity index (χ2n) is 7.60. The first kappa shape index (κ1) is 24.6. The summed E-state index contributed by atoms with van der Waals surface area (Å²) in [6, 6.07) is 12.2. The fourth-order valence-corrected chi connectivity index (χ4v) is 4.45. The van der Waals surface area contributed by atoms with E-state index in [1.165, 1.54) is 12.1 Å². The van der Waals surface area contributed by atoms with Crippen LogP contribution in [0.1, 0.15) is 31.7 Å². The molecule has 1 aromatic carbocycles. The number of nitro benzene ring substituents is 1. The van der Waals surface area contributed by atoms with Crippen LogP contribution < -0.4 is 5.73 Å². The van der Waals surface area contributed by atoms with E-state index in [9.17, 15) is 25.9 Å². The van der Waals surface area contributed by atoms with Gasteiger partial charge in [0, 0.05) is 43.7 Å². The molecule has 3 N–H and O–H groups in total. The maximum atomic E-state index is 11.3. The second-order valence-corrected chi connectivity index (χ2v) is 7.60. The van der Waals surface area contributed by atoms with Crippen LogP contribution in [-0.4, -0.2) is 41.2 Å². The Kier molecular flexibility index (Phi) is 8.09. The number of aliphatic hydroxyl groups is 1.